The third-order valence-electron chi connectivity index (χ3n) is 4.68. The molecule has 6 nitrogen and oxygen atoms in total. The molecule has 0 radical (unpaired) electrons. The first-order valence-corrected chi connectivity index (χ1v) is 10.3. The van der Waals surface area contributed by atoms with Crippen LogP contribution < -0.4 is 0 Å². The second kappa shape index (κ2) is 10.6. The molecule has 0 saturated carbocycles. The Kier molecular flexibility index (Phi) is 8.54. The van der Waals surface area contributed by atoms with Crippen molar-refractivity contribution in [1.29, 1.82) is 0 Å². The molecule has 1 fully saturated rings. The molecule has 28 heavy (non-hydrogen) atoms. The van der Waals surface area contributed by atoms with Crippen LogP contribution in [0.25, 0.3) is 0 Å². The number of cyclic esters (lactones) is 1. The molecule has 1 aromatic carbocycles. The van der Waals surface area contributed by atoms with Crippen molar-refractivity contribution in [3.8, 4) is 0 Å². The van der Waals surface area contributed by atoms with Crippen molar-refractivity contribution in [3.63, 3.8) is 0 Å². The van der Waals surface area contributed by atoms with Gasteiger partial charge in [-0.2, -0.15) is 0 Å². The van der Waals surface area contributed by atoms with E-state index in [1.807, 2.05) is 56.3 Å². The van der Waals surface area contributed by atoms with Crippen LogP contribution in [0.2, 0.25) is 0 Å². The molecule has 7 heteroatoms. The molecule has 1 heterocycles. The zero-order valence-corrected chi connectivity index (χ0v) is 17.7. The minimum atomic E-state index is -0.876. The van der Waals surface area contributed by atoms with Gasteiger partial charge in [-0.25, -0.2) is 9.69 Å². The lowest BCUT2D eigenvalue weighted by atomic mass is 10.0. The average Bonchev–Trinajstić information content (AvgIpc) is 3.05. The first-order chi connectivity index (χ1) is 13.4. The quantitative estimate of drug-likeness (QED) is 0.436. The Labute approximate surface area is 171 Å². The van der Waals surface area contributed by atoms with Gasteiger partial charge in [0.25, 0.3) is 5.91 Å². The predicted molar refractivity (Wildman–Crippen MR) is 110 cm³/mol. The van der Waals surface area contributed by atoms with Crippen LogP contribution in [-0.4, -0.2) is 60.6 Å². The largest absolute Gasteiger partial charge is 0.447 e. The van der Waals surface area contributed by atoms with E-state index in [2.05, 4.69) is 0 Å². The maximum absolute atomic E-state index is 13.4. The van der Waals surface area contributed by atoms with E-state index in [-0.39, 0.29) is 24.8 Å². The van der Waals surface area contributed by atoms with Crippen LogP contribution in [0.5, 0.6) is 0 Å². The van der Waals surface area contributed by atoms with E-state index in [1.54, 1.807) is 14.2 Å². The fourth-order valence-corrected chi connectivity index (χ4v) is 4.37. The van der Waals surface area contributed by atoms with Crippen molar-refractivity contribution in [1.82, 2.24) is 4.90 Å². The van der Waals surface area contributed by atoms with Crippen LogP contribution >= 0.6 is 11.8 Å². The predicted octanol–water partition coefficient (Wildman–Crippen LogP) is 3.65. The van der Waals surface area contributed by atoms with Crippen molar-refractivity contribution in [2.24, 2.45) is 0 Å². The highest BCUT2D eigenvalue weighted by atomic mass is 32.2. The molecular weight excluding hydrogens is 378 g/mol. The van der Waals surface area contributed by atoms with Gasteiger partial charge in [-0.15, -0.1) is 11.8 Å². The number of imide groups is 1. The fraction of sp³-hybridized carbons (Fsp3) is 0.524. The molecule has 2 atom stereocenters. The molecule has 0 spiro atoms. The number of benzene rings is 1. The van der Waals surface area contributed by atoms with E-state index in [9.17, 15) is 9.59 Å². The minimum absolute atomic E-state index is 0.214. The zero-order valence-electron chi connectivity index (χ0n) is 16.9. The van der Waals surface area contributed by atoms with Crippen molar-refractivity contribution < 1.29 is 23.8 Å². The maximum atomic E-state index is 13.4. The van der Waals surface area contributed by atoms with Gasteiger partial charge in [-0.1, -0.05) is 42.5 Å². The number of rotatable bonds is 10. The standard InChI is InChI=1S/C21H29NO5S/c1-5-12-21(2,28-13-11-18(25-3)26-4)19(23)22-17(15-27-20(22)24)14-16-9-7-6-8-10-16/h5-10,12,17-18H,11,13-15H2,1-4H3/b12-5+/t17-,21+/m0/s1. The highest BCUT2D eigenvalue weighted by molar-refractivity contribution is 8.01. The molecule has 0 aliphatic carbocycles. The number of thioether (sulfide) groups is 1. The normalized spacial score (nSPS) is 19.2. The lowest BCUT2D eigenvalue weighted by Gasteiger charge is -2.30. The Hall–Kier alpha value is -1.83. The van der Waals surface area contributed by atoms with Crippen LogP contribution in [-0.2, 0) is 25.4 Å². The number of hydrogen-bond acceptors (Lipinski definition) is 6. The second-order valence-electron chi connectivity index (χ2n) is 6.74. The van der Waals surface area contributed by atoms with E-state index in [4.69, 9.17) is 14.2 Å². The molecule has 0 N–H and O–H groups in total. The SMILES string of the molecule is C/C=C/[C@@](C)(SCCC(OC)OC)C(=O)N1C(=O)OC[C@@H]1Cc1ccccc1. The summed E-state index contributed by atoms with van der Waals surface area (Å²) in [6.45, 7) is 3.91. The summed E-state index contributed by atoms with van der Waals surface area (Å²) in [6, 6.07) is 9.50. The summed E-state index contributed by atoms with van der Waals surface area (Å²) in [7, 11) is 3.17. The molecule has 154 valence electrons. The first-order valence-electron chi connectivity index (χ1n) is 9.33. The Bertz CT molecular complexity index is 677. The molecule has 1 aromatic rings. The average molecular weight is 408 g/mol. The number of amides is 2. The number of carbonyl (C=O) groups is 2. The Morgan fingerprint density at radius 2 is 2.04 bits per heavy atom. The molecule has 0 aromatic heterocycles. The third-order valence-corrected chi connectivity index (χ3v) is 6.03. The molecule has 2 rings (SSSR count). The number of allylic oxidation sites excluding steroid dienone is 1. The van der Waals surface area contributed by atoms with E-state index in [1.165, 1.54) is 16.7 Å². The summed E-state index contributed by atoms with van der Waals surface area (Å²) in [5.41, 5.74) is 1.06. The highest BCUT2D eigenvalue weighted by Crippen LogP contribution is 2.33. The summed E-state index contributed by atoms with van der Waals surface area (Å²) in [4.78, 5) is 27.0. The van der Waals surface area contributed by atoms with Crippen LogP contribution in [0.3, 0.4) is 0 Å². The molecule has 1 aliphatic rings. The summed E-state index contributed by atoms with van der Waals surface area (Å²) in [5, 5.41) is 0. The van der Waals surface area contributed by atoms with Gasteiger partial charge < -0.3 is 14.2 Å². The van der Waals surface area contributed by atoms with Gasteiger partial charge in [0.1, 0.15) is 11.4 Å². The number of carbonyl (C=O) groups excluding carboxylic acids is 2. The van der Waals surface area contributed by atoms with Crippen LogP contribution in [0.1, 0.15) is 25.8 Å². The summed E-state index contributed by atoms with van der Waals surface area (Å²) >= 11 is 1.47. The number of hydrogen-bond donors (Lipinski definition) is 0. The van der Waals surface area contributed by atoms with Crippen molar-refractivity contribution in [2.45, 2.75) is 43.8 Å². The van der Waals surface area contributed by atoms with Crippen molar-refractivity contribution in [3.05, 3.63) is 48.0 Å². The lowest BCUT2D eigenvalue weighted by molar-refractivity contribution is -0.130. The Morgan fingerprint density at radius 3 is 2.64 bits per heavy atom. The van der Waals surface area contributed by atoms with Gasteiger partial charge in [0.15, 0.2) is 6.29 Å². The van der Waals surface area contributed by atoms with Gasteiger partial charge in [0.05, 0.1) is 6.04 Å². The van der Waals surface area contributed by atoms with E-state index in [0.29, 0.717) is 18.6 Å². The minimum Gasteiger partial charge on any atom is -0.447 e. The van der Waals surface area contributed by atoms with Gasteiger partial charge in [0.2, 0.25) is 0 Å². The highest BCUT2D eigenvalue weighted by Gasteiger charge is 2.45. The van der Waals surface area contributed by atoms with E-state index < -0.39 is 10.8 Å². The monoisotopic (exact) mass is 407 g/mol. The van der Waals surface area contributed by atoms with Gasteiger partial charge in [-0.3, -0.25) is 4.79 Å². The summed E-state index contributed by atoms with van der Waals surface area (Å²) in [6.07, 6.45) is 3.98. The summed E-state index contributed by atoms with van der Waals surface area (Å²) in [5.74, 6) is 0.385. The second-order valence-corrected chi connectivity index (χ2v) is 8.29. The zero-order chi connectivity index (χ0) is 20.6. The Balaban J connectivity index is 2.13. The topological polar surface area (TPSA) is 65.1 Å². The molecular formula is C21H29NO5S. The fourth-order valence-electron chi connectivity index (χ4n) is 3.18. The number of methoxy groups -OCH3 is 2. The Morgan fingerprint density at radius 1 is 1.36 bits per heavy atom. The molecule has 1 saturated heterocycles. The van der Waals surface area contributed by atoms with Gasteiger partial charge in [0, 0.05) is 20.6 Å². The van der Waals surface area contributed by atoms with Crippen molar-refractivity contribution >= 4 is 23.8 Å². The smallest absolute Gasteiger partial charge is 0.417 e. The lowest BCUT2D eigenvalue weighted by Crippen LogP contribution is -2.49. The first kappa shape index (κ1) is 22.5. The number of ether oxygens (including phenoxy) is 3. The van der Waals surface area contributed by atoms with Crippen LogP contribution in [0.15, 0.2) is 42.5 Å². The summed E-state index contributed by atoms with van der Waals surface area (Å²) < 4.78 is 14.8. The molecule has 1 aliphatic heterocycles. The van der Waals surface area contributed by atoms with Gasteiger partial charge in [-0.05, 0) is 31.6 Å². The molecule has 0 bridgehead atoms. The van der Waals surface area contributed by atoms with Crippen LogP contribution in [0, 0.1) is 0 Å². The van der Waals surface area contributed by atoms with E-state index >= 15 is 0 Å². The maximum Gasteiger partial charge on any atom is 0.417 e. The third kappa shape index (κ3) is 5.59. The molecule has 2 amide bonds. The molecule has 0 unspecified atom stereocenters. The van der Waals surface area contributed by atoms with Crippen LogP contribution in [0.4, 0.5) is 4.79 Å². The number of nitrogens with zero attached hydrogens (tertiary/aromatic N) is 1. The van der Waals surface area contributed by atoms with E-state index in [0.717, 1.165) is 5.56 Å². The van der Waals surface area contributed by atoms with Crippen molar-refractivity contribution in [2.75, 3.05) is 26.6 Å². The van der Waals surface area contributed by atoms with Gasteiger partial charge >= 0.3 is 6.09 Å².